The number of hydrogen-bond acceptors (Lipinski definition) is 2. The summed E-state index contributed by atoms with van der Waals surface area (Å²) < 4.78 is 0. The maximum absolute atomic E-state index is 10.6. The maximum Gasteiger partial charge on any atom is 0.120 e. The lowest BCUT2D eigenvalue weighted by Gasteiger charge is -2.42. The molecule has 18 heavy (non-hydrogen) atoms. The van der Waals surface area contributed by atoms with E-state index in [0.29, 0.717) is 18.0 Å². The third-order valence-electron chi connectivity index (χ3n) is 4.12. The largest absolute Gasteiger partial charge is 0.303 e. The lowest BCUT2D eigenvalue weighted by atomic mass is 9.85. The van der Waals surface area contributed by atoms with Crippen LogP contribution < -0.4 is 0 Å². The van der Waals surface area contributed by atoms with E-state index in [4.69, 9.17) is 0 Å². The number of carbonyl (C=O) groups is 1. The summed E-state index contributed by atoms with van der Waals surface area (Å²) in [7, 11) is 0. The van der Waals surface area contributed by atoms with Crippen LogP contribution in [0.3, 0.4) is 0 Å². The summed E-state index contributed by atoms with van der Waals surface area (Å²) in [5.74, 6) is 0.583. The van der Waals surface area contributed by atoms with Gasteiger partial charge in [-0.1, -0.05) is 30.3 Å². The van der Waals surface area contributed by atoms with Crippen LogP contribution in [0.25, 0.3) is 0 Å². The monoisotopic (exact) mass is 245 g/mol. The summed E-state index contributed by atoms with van der Waals surface area (Å²) in [5.41, 5.74) is 1.38. The zero-order valence-electron chi connectivity index (χ0n) is 11.4. The van der Waals surface area contributed by atoms with Crippen molar-refractivity contribution in [3.8, 4) is 0 Å². The Labute approximate surface area is 110 Å². The first-order valence-electron chi connectivity index (χ1n) is 6.94. The van der Waals surface area contributed by atoms with Crippen LogP contribution in [-0.2, 0) is 11.3 Å². The van der Waals surface area contributed by atoms with Gasteiger partial charge in [-0.05, 0) is 38.2 Å². The standard InChI is InChI=1S/C16H23NO/c1-13-10-16(8-9-18)11-14(2)17(13)12-15-6-4-3-5-7-15/h3-7,9,13-14,16H,8,10-12H2,1-2H3/t13-,14+,16?. The molecule has 0 N–H and O–H groups in total. The Hall–Kier alpha value is -1.15. The second-order valence-corrected chi connectivity index (χ2v) is 5.60. The molecule has 0 aromatic heterocycles. The number of benzene rings is 1. The van der Waals surface area contributed by atoms with Crippen molar-refractivity contribution in [1.82, 2.24) is 4.90 Å². The number of piperidine rings is 1. The highest BCUT2D eigenvalue weighted by molar-refractivity contribution is 5.49. The molecule has 1 fully saturated rings. The highest BCUT2D eigenvalue weighted by atomic mass is 16.1. The van der Waals surface area contributed by atoms with Crippen LogP contribution in [0, 0.1) is 5.92 Å². The average Bonchev–Trinajstić information content (AvgIpc) is 2.36. The lowest BCUT2D eigenvalue weighted by Crippen LogP contribution is -2.46. The number of likely N-dealkylation sites (tertiary alicyclic amines) is 1. The van der Waals surface area contributed by atoms with Crippen LogP contribution in [0.5, 0.6) is 0 Å². The van der Waals surface area contributed by atoms with Crippen LogP contribution >= 0.6 is 0 Å². The predicted octanol–water partition coefficient (Wildman–Crippen LogP) is 3.26. The lowest BCUT2D eigenvalue weighted by molar-refractivity contribution is -0.109. The molecule has 98 valence electrons. The molecule has 2 heteroatoms. The summed E-state index contributed by atoms with van der Waals surface area (Å²) in [4.78, 5) is 13.2. The zero-order valence-corrected chi connectivity index (χ0v) is 11.4. The van der Waals surface area contributed by atoms with Crippen LogP contribution in [0.4, 0.5) is 0 Å². The van der Waals surface area contributed by atoms with E-state index in [1.807, 2.05) is 0 Å². The molecule has 1 aliphatic rings. The maximum atomic E-state index is 10.6. The Morgan fingerprint density at radius 3 is 2.33 bits per heavy atom. The first-order valence-corrected chi connectivity index (χ1v) is 6.94. The molecule has 0 spiro atoms. The van der Waals surface area contributed by atoms with E-state index in [0.717, 1.165) is 32.1 Å². The number of rotatable bonds is 4. The number of aldehydes is 1. The minimum Gasteiger partial charge on any atom is -0.303 e. The summed E-state index contributed by atoms with van der Waals surface area (Å²) in [6.07, 6.45) is 4.11. The molecule has 1 saturated heterocycles. The fraction of sp³-hybridized carbons (Fsp3) is 0.562. The van der Waals surface area contributed by atoms with E-state index in [1.54, 1.807) is 0 Å². The van der Waals surface area contributed by atoms with Gasteiger partial charge in [-0.25, -0.2) is 0 Å². The van der Waals surface area contributed by atoms with E-state index >= 15 is 0 Å². The van der Waals surface area contributed by atoms with Crippen LogP contribution in [-0.4, -0.2) is 23.3 Å². The molecule has 1 aromatic rings. The fourth-order valence-electron chi connectivity index (χ4n) is 3.20. The fourth-order valence-corrected chi connectivity index (χ4v) is 3.20. The summed E-state index contributed by atoms with van der Waals surface area (Å²) in [5, 5.41) is 0. The van der Waals surface area contributed by atoms with Gasteiger partial charge in [0.2, 0.25) is 0 Å². The predicted molar refractivity (Wildman–Crippen MR) is 74.3 cm³/mol. The van der Waals surface area contributed by atoms with Crippen molar-refractivity contribution in [2.45, 2.75) is 51.7 Å². The van der Waals surface area contributed by atoms with Crippen molar-refractivity contribution in [3.63, 3.8) is 0 Å². The van der Waals surface area contributed by atoms with E-state index in [-0.39, 0.29) is 0 Å². The highest BCUT2D eigenvalue weighted by Gasteiger charge is 2.30. The van der Waals surface area contributed by atoms with Gasteiger partial charge in [0.05, 0.1) is 0 Å². The topological polar surface area (TPSA) is 20.3 Å². The van der Waals surface area contributed by atoms with Crippen molar-refractivity contribution < 1.29 is 4.79 Å². The van der Waals surface area contributed by atoms with Gasteiger partial charge in [0.15, 0.2) is 0 Å². The number of hydrogen-bond donors (Lipinski definition) is 0. The molecule has 1 aliphatic heterocycles. The first kappa shape index (κ1) is 13.3. The Morgan fingerprint density at radius 1 is 1.17 bits per heavy atom. The molecule has 1 aromatic carbocycles. The third kappa shape index (κ3) is 3.20. The van der Waals surface area contributed by atoms with Gasteiger partial charge >= 0.3 is 0 Å². The SMILES string of the molecule is C[C@@H]1CC(CC=O)C[C@H](C)N1Cc1ccccc1. The van der Waals surface area contributed by atoms with Gasteiger partial charge in [-0.2, -0.15) is 0 Å². The minimum atomic E-state index is 0.568. The van der Waals surface area contributed by atoms with Crippen molar-refractivity contribution in [1.29, 1.82) is 0 Å². The Morgan fingerprint density at radius 2 is 1.78 bits per heavy atom. The molecule has 1 unspecified atom stereocenters. The van der Waals surface area contributed by atoms with E-state index < -0.39 is 0 Å². The Balaban J connectivity index is 1.99. The van der Waals surface area contributed by atoms with E-state index in [9.17, 15) is 4.79 Å². The smallest absolute Gasteiger partial charge is 0.120 e. The van der Waals surface area contributed by atoms with Gasteiger partial charge in [-0.3, -0.25) is 4.90 Å². The van der Waals surface area contributed by atoms with Gasteiger partial charge < -0.3 is 4.79 Å². The molecule has 0 bridgehead atoms. The summed E-state index contributed by atoms with van der Waals surface area (Å²) >= 11 is 0. The van der Waals surface area contributed by atoms with E-state index in [2.05, 4.69) is 49.1 Å². The summed E-state index contributed by atoms with van der Waals surface area (Å²) in [6.45, 7) is 5.60. The summed E-state index contributed by atoms with van der Waals surface area (Å²) in [6, 6.07) is 11.8. The number of nitrogens with zero attached hydrogens (tertiary/aromatic N) is 1. The van der Waals surface area contributed by atoms with Crippen LogP contribution in [0.15, 0.2) is 30.3 Å². The molecule has 0 radical (unpaired) electrons. The number of carbonyl (C=O) groups excluding carboxylic acids is 1. The van der Waals surface area contributed by atoms with Gasteiger partial charge in [0, 0.05) is 25.0 Å². The quantitative estimate of drug-likeness (QED) is 0.759. The highest BCUT2D eigenvalue weighted by Crippen LogP contribution is 2.30. The zero-order chi connectivity index (χ0) is 13.0. The molecule has 2 rings (SSSR count). The van der Waals surface area contributed by atoms with E-state index in [1.165, 1.54) is 5.56 Å². The molecule has 0 amide bonds. The Kier molecular flexibility index (Phi) is 4.54. The van der Waals surface area contributed by atoms with Crippen molar-refractivity contribution in [3.05, 3.63) is 35.9 Å². The molecular formula is C16H23NO. The second kappa shape index (κ2) is 6.14. The second-order valence-electron chi connectivity index (χ2n) is 5.60. The van der Waals surface area contributed by atoms with Crippen molar-refractivity contribution in [2.24, 2.45) is 5.92 Å². The average molecular weight is 245 g/mol. The van der Waals surface area contributed by atoms with Gasteiger partial charge in [0.25, 0.3) is 0 Å². The van der Waals surface area contributed by atoms with Crippen LogP contribution in [0.2, 0.25) is 0 Å². The van der Waals surface area contributed by atoms with Crippen LogP contribution in [0.1, 0.15) is 38.7 Å². The van der Waals surface area contributed by atoms with Gasteiger partial charge in [-0.15, -0.1) is 0 Å². The first-order chi connectivity index (χ1) is 8.70. The molecule has 1 heterocycles. The molecule has 3 atom stereocenters. The minimum absolute atomic E-state index is 0.568. The van der Waals surface area contributed by atoms with Gasteiger partial charge in [0.1, 0.15) is 6.29 Å². The molecule has 2 nitrogen and oxygen atoms in total. The normalized spacial score (nSPS) is 29.1. The third-order valence-corrected chi connectivity index (χ3v) is 4.12. The Bertz CT molecular complexity index is 364. The van der Waals surface area contributed by atoms with Crippen molar-refractivity contribution >= 4 is 6.29 Å². The molecule has 0 aliphatic carbocycles. The molecule has 0 saturated carbocycles. The molecular weight excluding hydrogens is 222 g/mol. The van der Waals surface area contributed by atoms with Crippen molar-refractivity contribution in [2.75, 3.05) is 0 Å².